The molecule has 1 aromatic carbocycles. The maximum atomic E-state index is 3.62. The van der Waals surface area contributed by atoms with Crippen molar-refractivity contribution in [2.75, 3.05) is 19.6 Å². The molecule has 1 saturated heterocycles. The van der Waals surface area contributed by atoms with E-state index in [-0.39, 0.29) is 0 Å². The maximum absolute atomic E-state index is 3.62. The number of likely N-dealkylation sites (N-methyl/N-ethyl adjacent to an activating group) is 1. The number of nitrogens with one attached hydrogen (secondary N) is 1. The summed E-state index contributed by atoms with van der Waals surface area (Å²) < 4.78 is 1.22. The zero-order chi connectivity index (χ0) is 12.1. The molecule has 0 bridgehead atoms. The zero-order valence-corrected chi connectivity index (χ0v) is 12.0. The second-order valence-electron chi connectivity index (χ2n) is 4.71. The maximum Gasteiger partial charge on any atom is 0.0245 e. The lowest BCUT2D eigenvalue weighted by Gasteiger charge is -2.24. The second kappa shape index (κ2) is 6.53. The van der Waals surface area contributed by atoms with Crippen LogP contribution in [0.3, 0.4) is 0 Å². The van der Waals surface area contributed by atoms with Crippen molar-refractivity contribution in [1.82, 2.24) is 10.2 Å². The van der Waals surface area contributed by atoms with Gasteiger partial charge in [-0.1, -0.05) is 41.1 Å². The quantitative estimate of drug-likeness (QED) is 0.898. The summed E-state index contributed by atoms with van der Waals surface area (Å²) in [6, 6.07) is 9.20. The van der Waals surface area contributed by atoms with E-state index in [1.807, 2.05) is 0 Å². The molecular formula is C14H21BrN2. The Labute approximate surface area is 113 Å². The highest BCUT2D eigenvalue weighted by atomic mass is 79.9. The van der Waals surface area contributed by atoms with Gasteiger partial charge in [0.25, 0.3) is 0 Å². The van der Waals surface area contributed by atoms with Crippen molar-refractivity contribution in [2.24, 2.45) is 0 Å². The molecular weight excluding hydrogens is 276 g/mol. The summed E-state index contributed by atoms with van der Waals surface area (Å²) in [7, 11) is 0. The van der Waals surface area contributed by atoms with Crippen LogP contribution in [0.5, 0.6) is 0 Å². The van der Waals surface area contributed by atoms with E-state index in [9.17, 15) is 0 Å². The van der Waals surface area contributed by atoms with Crippen LogP contribution in [0, 0.1) is 0 Å². The summed E-state index contributed by atoms with van der Waals surface area (Å²) >= 11 is 3.62. The minimum atomic E-state index is 0.692. The van der Waals surface area contributed by atoms with E-state index in [1.54, 1.807) is 0 Å². The third-order valence-corrected chi connectivity index (χ3v) is 4.21. The lowest BCUT2D eigenvalue weighted by atomic mass is 10.1. The number of nitrogens with zero attached hydrogens (tertiary/aromatic N) is 1. The van der Waals surface area contributed by atoms with Crippen LogP contribution in [0.2, 0.25) is 0 Å². The first-order valence-electron chi connectivity index (χ1n) is 6.48. The summed E-state index contributed by atoms with van der Waals surface area (Å²) in [4.78, 5) is 2.52. The predicted molar refractivity (Wildman–Crippen MR) is 76.1 cm³/mol. The third-order valence-electron chi connectivity index (χ3n) is 3.44. The number of hydrogen-bond acceptors (Lipinski definition) is 2. The molecule has 1 aromatic rings. The van der Waals surface area contributed by atoms with Crippen molar-refractivity contribution in [3.05, 3.63) is 34.3 Å². The Morgan fingerprint density at radius 2 is 2.24 bits per heavy atom. The Hall–Kier alpha value is -0.380. The number of rotatable bonds is 5. The molecule has 1 fully saturated rings. The Morgan fingerprint density at radius 1 is 1.41 bits per heavy atom. The summed E-state index contributed by atoms with van der Waals surface area (Å²) in [5.74, 6) is 0. The molecule has 3 heteroatoms. The molecule has 1 atom stereocenters. The van der Waals surface area contributed by atoms with E-state index < -0.39 is 0 Å². The Morgan fingerprint density at radius 3 is 2.88 bits per heavy atom. The molecule has 1 aliphatic heterocycles. The van der Waals surface area contributed by atoms with Gasteiger partial charge in [-0.15, -0.1) is 0 Å². The summed E-state index contributed by atoms with van der Waals surface area (Å²) in [6.45, 7) is 6.75. The Bertz CT molecular complexity index is 348. The largest absolute Gasteiger partial charge is 0.313 e. The smallest absolute Gasteiger partial charge is 0.0245 e. The van der Waals surface area contributed by atoms with Gasteiger partial charge in [0, 0.05) is 23.6 Å². The van der Waals surface area contributed by atoms with Crippen molar-refractivity contribution in [3.8, 4) is 0 Å². The molecule has 1 unspecified atom stereocenters. The topological polar surface area (TPSA) is 15.3 Å². The van der Waals surface area contributed by atoms with Crippen LogP contribution in [0.25, 0.3) is 0 Å². The molecule has 17 heavy (non-hydrogen) atoms. The molecule has 1 heterocycles. The van der Waals surface area contributed by atoms with Crippen molar-refractivity contribution in [1.29, 1.82) is 0 Å². The Balaban J connectivity index is 1.92. The van der Waals surface area contributed by atoms with E-state index in [4.69, 9.17) is 0 Å². The van der Waals surface area contributed by atoms with Gasteiger partial charge >= 0.3 is 0 Å². The first-order valence-corrected chi connectivity index (χ1v) is 7.28. The first-order chi connectivity index (χ1) is 8.29. The average molecular weight is 297 g/mol. The van der Waals surface area contributed by atoms with Gasteiger partial charge in [0.2, 0.25) is 0 Å². The molecule has 1 aliphatic rings. The van der Waals surface area contributed by atoms with Crippen LogP contribution in [-0.2, 0) is 6.54 Å². The number of benzene rings is 1. The fraction of sp³-hybridized carbons (Fsp3) is 0.571. The fourth-order valence-corrected chi connectivity index (χ4v) is 2.81. The minimum Gasteiger partial charge on any atom is -0.313 e. The van der Waals surface area contributed by atoms with Crippen molar-refractivity contribution < 1.29 is 0 Å². The average Bonchev–Trinajstić information content (AvgIpc) is 2.84. The lowest BCUT2D eigenvalue weighted by Crippen LogP contribution is -2.37. The van der Waals surface area contributed by atoms with E-state index in [1.165, 1.54) is 29.4 Å². The van der Waals surface area contributed by atoms with Crippen LogP contribution in [0.15, 0.2) is 28.7 Å². The van der Waals surface area contributed by atoms with Crippen molar-refractivity contribution in [3.63, 3.8) is 0 Å². The highest BCUT2D eigenvalue weighted by Crippen LogP contribution is 2.18. The lowest BCUT2D eigenvalue weighted by molar-refractivity contribution is 0.253. The van der Waals surface area contributed by atoms with Crippen LogP contribution < -0.4 is 5.32 Å². The summed E-state index contributed by atoms with van der Waals surface area (Å²) in [5, 5.41) is 3.57. The van der Waals surface area contributed by atoms with Crippen LogP contribution in [-0.4, -0.2) is 30.6 Å². The monoisotopic (exact) mass is 296 g/mol. The molecule has 94 valence electrons. The molecule has 2 nitrogen and oxygen atoms in total. The van der Waals surface area contributed by atoms with E-state index >= 15 is 0 Å². The van der Waals surface area contributed by atoms with E-state index in [0.29, 0.717) is 6.04 Å². The fourth-order valence-electron chi connectivity index (χ4n) is 2.40. The second-order valence-corrected chi connectivity index (χ2v) is 5.57. The Kier molecular flexibility index (Phi) is 5.01. The highest BCUT2D eigenvalue weighted by molar-refractivity contribution is 9.10. The van der Waals surface area contributed by atoms with Gasteiger partial charge in [-0.3, -0.25) is 4.90 Å². The molecule has 0 saturated carbocycles. The molecule has 0 aliphatic carbocycles. The van der Waals surface area contributed by atoms with Gasteiger partial charge in [0.05, 0.1) is 0 Å². The van der Waals surface area contributed by atoms with Crippen molar-refractivity contribution in [2.45, 2.75) is 32.4 Å². The molecule has 0 spiro atoms. The van der Waals surface area contributed by atoms with Gasteiger partial charge in [0.15, 0.2) is 0 Å². The molecule has 2 rings (SSSR count). The number of hydrogen-bond donors (Lipinski definition) is 1. The predicted octanol–water partition coefficient (Wildman–Crippen LogP) is 3.02. The van der Waals surface area contributed by atoms with Gasteiger partial charge in [-0.05, 0) is 37.6 Å². The highest BCUT2D eigenvalue weighted by Gasteiger charge is 2.17. The SMILES string of the molecule is CCN(Cc1ccccc1Br)CC1CCCN1. The van der Waals surface area contributed by atoms with Crippen LogP contribution in [0.4, 0.5) is 0 Å². The third kappa shape index (κ3) is 3.80. The van der Waals surface area contributed by atoms with Crippen LogP contribution >= 0.6 is 15.9 Å². The normalized spacial score (nSPS) is 20.1. The van der Waals surface area contributed by atoms with Gasteiger partial charge in [-0.2, -0.15) is 0 Å². The molecule has 0 aromatic heterocycles. The zero-order valence-electron chi connectivity index (χ0n) is 10.5. The van der Waals surface area contributed by atoms with Crippen LogP contribution in [0.1, 0.15) is 25.3 Å². The standard InChI is InChI=1S/C14H21BrN2/c1-2-17(11-13-7-5-9-16-13)10-12-6-3-4-8-14(12)15/h3-4,6,8,13,16H,2,5,7,9-11H2,1H3. The van der Waals surface area contributed by atoms with Gasteiger partial charge in [0.1, 0.15) is 0 Å². The molecule has 1 N–H and O–H groups in total. The number of halogens is 1. The summed E-state index contributed by atoms with van der Waals surface area (Å²) in [5.41, 5.74) is 1.38. The molecule has 0 amide bonds. The summed E-state index contributed by atoms with van der Waals surface area (Å²) in [6.07, 6.45) is 2.66. The minimum absolute atomic E-state index is 0.692. The first kappa shape index (κ1) is 13.1. The van der Waals surface area contributed by atoms with Gasteiger partial charge in [-0.25, -0.2) is 0 Å². The molecule has 0 radical (unpaired) electrons. The van der Waals surface area contributed by atoms with E-state index in [0.717, 1.165) is 19.6 Å². The van der Waals surface area contributed by atoms with E-state index in [2.05, 4.69) is 57.3 Å². The van der Waals surface area contributed by atoms with Crippen molar-refractivity contribution >= 4 is 15.9 Å². The van der Waals surface area contributed by atoms with Gasteiger partial charge < -0.3 is 5.32 Å².